The summed E-state index contributed by atoms with van der Waals surface area (Å²) >= 11 is 0. The van der Waals surface area contributed by atoms with Crippen LogP contribution in [0.3, 0.4) is 0 Å². The largest absolute Gasteiger partial charge is 0.371 e. The van der Waals surface area contributed by atoms with Crippen LogP contribution in [0, 0.1) is 5.82 Å². The molecule has 0 unspecified atom stereocenters. The number of likely N-dealkylation sites (N-methyl/N-ethyl adjacent to an activating group) is 1. The molecule has 0 N–H and O–H groups in total. The maximum atomic E-state index is 13.8. The standard InChI is InChI=1S/C14H19FN2O/c1-16(8-9-17-6-2-3-7-17)14-5-4-12(11-18)10-13(14)15/h4-5,10-11H,2-3,6-9H2,1H3. The zero-order valence-electron chi connectivity index (χ0n) is 10.7. The Morgan fingerprint density at radius 3 is 2.72 bits per heavy atom. The van der Waals surface area contributed by atoms with E-state index in [1.807, 2.05) is 11.9 Å². The van der Waals surface area contributed by atoms with Crippen LogP contribution in [0.2, 0.25) is 0 Å². The lowest BCUT2D eigenvalue weighted by molar-refractivity contribution is 0.112. The predicted molar refractivity (Wildman–Crippen MR) is 70.7 cm³/mol. The lowest BCUT2D eigenvalue weighted by Gasteiger charge is -2.23. The zero-order chi connectivity index (χ0) is 13.0. The molecule has 4 heteroatoms. The summed E-state index contributed by atoms with van der Waals surface area (Å²) in [5, 5.41) is 0. The van der Waals surface area contributed by atoms with Gasteiger partial charge in [0.15, 0.2) is 0 Å². The molecule has 2 rings (SSSR count). The smallest absolute Gasteiger partial charge is 0.150 e. The van der Waals surface area contributed by atoms with Crippen LogP contribution in [-0.4, -0.2) is 44.4 Å². The first-order valence-corrected chi connectivity index (χ1v) is 6.39. The van der Waals surface area contributed by atoms with Gasteiger partial charge in [-0.3, -0.25) is 4.79 Å². The minimum Gasteiger partial charge on any atom is -0.371 e. The van der Waals surface area contributed by atoms with E-state index in [4.69, 9.17) is 0 Å². The highest BCUT2D eigenvalue weighted by molar-refractivity contribution is 5.75. The third-order valence-corrected chi connectivity index (χ3v) is 3.47. The Kier molecular flexibility index (Phi) is 4.31. The number of hydrogen-bond donors (Lipinski definition) is 0. The number of anilines is 1. The molecule has 0 spiro atoms. The van der Waals surface area contributed by atoms with Crippen LogP contribution < -0.4 is 4.90 Å². The molecule has 98 valence electrons. The molecule has 0 saturated carbocycles. The van der Waals surface area contributed by atoms with Gasteiger partial charge in [-0.2, -0.15) is 0 Å². The molecule has 18 heavy (non-hydrogen) atoms. The molecule has 0 amide bonds. The van der Waals surface area contributed by atoms with Gasteiger partial charge in [-0.15, -0.1) is 0 Å². The summed E-state index contributed by atoms with van der Waals surface area (Å²) < 4.78 is 13.8. The first-order chi connectivity index (χ1) is 8.70. The van der Waals surface area contributed by atoms with Crippen molar-refractivity contribution in [2.24, 2.45) is 0 Å². The SMILES string of the molecule is CN(CCN1CCCC1)c1ccc(C=O)cc1F. The van der Waals surface area contributed by atoms with Crippen molar-refractivity contribution < 1.29 is 9.18 Å². The van der Waals surface area contributed by atoms with Crippen LogP contribution in [0.4, 0.5) is 10.1 Å². The van der Waals surface area contributed by atoms with Crippen LogP contribution in [0.25, 0.3) is 0 Å². The summed E-state index contributed by atoms with van der Waals surface area (Å²) in [7, 11) is 1.88. The number of carbonyl (C=O) groups is 1. The molecule has 1 aliphatic heterocycles. The van der Waals surface area contributed by atoms with E-state index in [0.29, 0.717) is 17.5 Å². The third kappa shape index (κ3) is 3.07. The normalized spacial score (nSPS) is 15.9. The Labute approximate surface area is 107 Å². The Bertz CT molecular complexity index is 416. The summed E-state index contributed by atoms with van der Waals surface area (Å²) in [6.45, 7) is 4.07. The monoisotopic (exact) mass is 250 g/mol. The molecule has 1 fully saturated rings. The Morgan fingerprint density at radius 2 is 2.11 bits per heavy atom. The lowest BCUT2D eigenvalue weighted by atomic mass is 10.2. The molecule has 1 aliphatic rings. The Hall–Kier alpha value is -1.42. The topological polar surface area (TPSA) is 23.6 Å². The van der Waals surface area contributed by atoms with E-state index in [-0.39, 0.29) is 5.82 Å². The van der Waals surface area contributed by atoms with Crippen molar-refractivity contribution in [1.82, 2.24) is 4.90 Å². The quantitative estimate of drug-likeness (QED) is 0.748. The van der Waals surface area contributed by atoms with Crippen molar-refractivity contribution in [3.63, 3.8) is 0 Å². The first-order valence-electron chi connectivity index (χ1n) is 6.39. The molecule has 0 atom stereocenters. The van der Waals surface area contributed by atoms with Crippen LogP contribution in [0.5, 0.6) is 0 Å². The molecule has 0 aliphatic carbocycles. The summed E-state index contributed by atoms with van der Waals surface area (Å²) in [6, 6.07) is 4.61. The highest BCUT2D eigenvalue weighted by Crippen LogP contribution is 2.19. The van der Waals surface area contributed by atoms with Crippen molar-refractivity contribution in [2.75, 3.05) is 38.1 Å². The lowest BCUT2D eigenvalue weighted by Crippen LogP contribution is -2.31. The van der Waals surface area contributed by atoms with Gasteiger partial charge in [0.25, 0.3) is 0 Å². The second-order valence-electron chi connectivity index (χ2n) is 4.80. The molecule has 0 radical (unpaired) electrons. The Morgan fingerprint density at radius 1 is 1.39 bits per heavy atom. The second-order valence-corrected chi connectivity index (χ2v) is 4.80. The van der Waals surface area contributed by atoms with Gasteiger partial charge >= 0.3 is 0 Å². The molecule has 1 saturated heterocycles. The molecule has 1 heterocycles. The summed E-state index contributed by atoms with van der Waals surface area (Å²) in [5.74, 6) is -0.330. The Balaban J connectivity index is 1.95. The van der Waals surface area contributed by atoms with Crippen molar-refractivity contribution in [3.05, 3.63) is 29.6 Å². The number of benzene rings is 1. The fraction of sp³-hybridized carbons (Fsp3) is 0.500. The number of hydrogen-bond acceptors (Lipinski definition) is 3. The number of carbonyl (C=O) groups excluding carboxylic acids is 1. The highest BCUT2D eigenvalue weighted by atomic mass is 19.1. The van der Waals surface area contributed by atoms with Crippen molar-refractivity contribution in [2.45, 2.75) is 12.8 Å². The van der Waals surface area contributed by atoms with Gasteiger partial charge in [-0.05, 0) is 44.1 Å². The third-order valence-electron chi connectivity index (χ3n) is 3.47. The van der Waals surface area contributed by atoms with Crippen molar-refractivity contribution >= 4 is 12.0 Å². The van der Waals surface area contributed by atoms with Gasteiger partial charge in [0.05, 0.1) is 5.69 Å². The summed E-state index contributed by atoms with van der Waals surface area (Å²) in [6.07, 6.45) is 3.20. The van der Waals surface area contributed by atoms with E-state index in [1.54, 1.807) is 12.1 Å². The molecule has 3 nitrogen and oxygen atoms in total. The second kappa shape index (κ2) is 5.96. The fourth-order valence-electron chi connectivity index (χ4n) is 2.32. The number of aldehydes is 1. The van der Waals surface area contributed by atoms with Crippen LogP contribution in [0.1, 0.15) is 23.2 Å². The number of likely N-dealkylation sites (tertiary alicyclic amines) is 1. The zero-order valence-corrected chi connectivity index (χ0v) is 10.7. The average molecular weight is 250 g/mol. The summed E-state index contributed by atoms with van der Waals surface area (Å²) in [4.78, 5) is 14.9. The molecule has 0 aromatic heterocycles. The van der Waals surface area contributed by atoms with Gasteiger partial charge in [0, 0.05) is 25.7 Å². The maximum Gasteiger partial charge on any atom is 0.150 e. The van der Waals surface area contributed by atoms with E-state index in [9.17, 15) is 9.18 Å². The maximum absolute atomic E-state index is 13.8. The number of halogens is 1. The molecular formula is C14H19FN2O. The molecular weight excluding hydrogens is 231 g/mol. The number of rotatable bonds is 5. The molecule has 1 aromatic carbocycles. The molecule has 1 aromatic rings. The van der Waals surface area contributed by atoms with E-state index in [2.05, 4.69) is 4.90 Å². The highest BCUT2D eigenvalue weighted by Gasteiger charge is 2.13. The van der Waals surface area contributed by atoms with Crippen LogP contribution in [-0.2, 0) is 0 Å². The minimum absolute atomic E-state index is 0.330. The van der Waals surface area contributed by atoms with E-state index in [1.165, 1.54) is 18.9 Å². The van der Waals surface area contributed by atoms with Gasteiger partial charge in [0.2, 0.25) is 0 Å². The predicted octanol–water partition coefficient (Wildman–Crippen LogP) is 2.17. The van der Waals surface area contributed by atoms with Gasteiger partial charge in [-0.1, -0.05) is 0 Å². The first kappa shape index (κ1) is 13.0. The van der Waals surface area contributed by atoms with Crippen LogP contribution >= 0.6 is 0 Å². The van der Waals surface area contributed by atoms with Crippen molar-refractivity contribution in [1.29, 1.82) is 0 Å². The van der Waals surface area contributed by atoms with Crippen molar-refractivity contribution in [3.8, 4) is 0 Å². The average Bonchev–Trinajstić information content (AvgIpc) is 2.88. The summed E-state index contributed by atoms with van der Waals surface area (Å²) in [5.41, 5.74) is 0.934. The van der Waals surface area contributed by atoms with E-state index < -0.39 is 0 Å². The number of nitrogens with zero attached hydrogens (tertiary/aromatic N) is 2. The molecule has 0 bridgehead atoms. The van der Waals surface area contributed by atoms with Gasteiger partial charge in [0.1, 0.15) is 12.1 Å². The van der Waals surface area contributed by atoms with E-state index >= 15 is 0 Å². The fourth-order valence-corrected chi connectivity index (χ4v) is 2.32. The van der Waals surface area contributed by atoms with E-state index in [0.717, 1.165) is 26.2 Å². The van der Waals surface area contributed by atoms with Gasteiger partial charge < -0.3 is 9.80 Å². The minimum atomic E-state index is -0.330. The van der Waals surface area contributed by atoms with Crippen LogP contribution in [0.15, 0.2) is 18.2 Å². The van der Waals surface area contributed by atoms with Gasteiger partial charge in [-0.25, -0.2) is 4.39 Å².